The van der Waals surface area contributed by atoms with Crippen LogP contribution in [0.5, 0.6) is 17.2 Å². The monoisotopic (exact) mass is 336 g/mol. The van der Waals surface area contributed by atoms with Gasteiger partial charge >= 0.3 is 0 Å². The third kappa shape index (κ3) is 4.01. The Morgan fingerprint density at radius 2 is 1.64 bits per heavy atom. The quantitative estimate of drug-likeness (QED) is 0.710. The summed E-state index contributed by atoms with van der Waals surface area (Å²) in [5.74, 6) is 1.67. The Bertz CT molecular complexity index is 848. The number of hydrogen-bond donors (Lipinski definition) is 2. The standard InChI is InChI=1S/C20H20N2O3/c1-24-19-8-3-14(9-20(19)25-2)11-22-17-10-16(12-21-13-17)15-4-6-18(23)7-5-15/h3-10,12-13,22-23H,11H2,1-2H3. The lowest BCUT2D eigenvalue weighted by Crippen LogP contribution is -2.01. The van der Waals surface area contributed by atoms with E-state index in [1.807, 2.05) is 36.4 Å². The van der Waals surface area contributed by atoms with Gasteiger partial charge in [0.15, 0.2) is 11.5 Å². The predicted octanol–water partition coefficient (Wildman–Crippen LogP) is 4.08. The van der Waals surface area contributed by atoms with Gasteiger partial charge in [0.1, 0.15) is 5.75 Å². The molecule has 5 nitrogen and oxygen atoms in total. The van der Waals surface area contributed by atoms with Crippen LogP contribution in [0.25, 0.3) is 11.1 Å². The molecule has 0 saturated heterocycles. The van der Waals surface area contributed by atoms with Gasteiger partial charge < -0.3 is 19.9 Å². The first-order chi connectivity index (χ1) is 12.2. The Balaban J connectivity index is 1.73. The molecule has 0 unspecified atom stereocenters. The summed E-state index contributed by atoms with van der Waals surface area (Å²) in [5, 5.41) is 12.8. The minimum Gasteiger partial charge on any atom is -0.508 e. The number of aromatic nitrogens is 1. The van der Waals surface area contributed by atoms with Crippen LogP contribution in [0.1, 0.15) is 5.56 Å². The minimum atomic E-state index is 0.249. The number of phenols is 1. The van der Waals surface area contributed by atoms with Crippen molar-refractivity contribution in [3.8, 4) is 28.4 Å². The van der Waals surface area contributed by atoms with E-state index in [9.17, 15) is 5.11 Å². The minimum absolute atomic E-state index is 0.249. The van der Waals surface area contributed by atoms with Gasteiger partial charge in [-0.1, -0.05) is 18.2 Å². The molecule has 0 amide bonds. The zero-order chi connectivity index (χ0) is 17.6. The molecule has 0 bridgehead atoms. The highest BCUT2D eigenvalue weighted by molar-refractivity contribution is 5.67. The maximum Gasteiger partial charge on any atom is 0.161 e. The summed E-state index contributed by atoms with van der Waals surface area (Å²) in [4.78, 5) is 4.29. The van der Waals surface area contributed by atoms with E-state index in [2.05, 4.69) is 10.3 Å². The topological polar surface area (TPSA) is 63.6 Å². The van der Waals surface area contributed by atoms with Crippen LogP contribution in [0, 0.1) is 0 Å². The number of aromatic hydroxyl groups is 1. The normalized spacial score (nSPS) is 10.3. The Morgan fingerprint density at radius 1 is 0.880 bits per heavy atom. The van der Waals surface area contributed by atoms with Gasteiger partial charge in [0.2, 0.25) is 0 Å². The number of rotatable bonds is 6. The molecule has 0 aliphatic rings. The zero-order valence-electron chi connectivity index (χ0n) is 14.2. The maximum absolute atomic E-state index is 9.40. The summed E-state index contributed by atoms with van der Waals surface area (Å²) in [6.07, 6.45) is 3.58. The average Bonchev–Trinajstić information content (AvgIpc) is 2.67. The van der Waals surface area contributed by atoms with Crippen molar-refractivity contribution in [1.82, 2.24) is 4.98 Å². The van der Waals surface area contributed by atoms with E-state index in [4.69, 9.17) is 9.47 Å². The van der Waals surface area contributed by atoms with Crippen LogP contribution >= 0.6 is 0 Å². The zero-order valence-corrected chi connectivity index (χ0v) is 14.2. The van der Waals surface area contributed by atoms with Crippen molar-refractivity contribution in [3.05, 3.63) is 66.5 Å². The predicted molar refractivity (Wildman–Crippen MR) is 98.2 cm³/mol. The molecule has 0 fully saturated rings. The van der Waals surface area contributed by atoms with E-state index < -0.39 is 0 Å². The van der Waals surface area contributed by atoms with Gasteiger partial charge in [-0.2, -0.15) is 0 Å². The van der Waals surface area contributed by atoms with Crippen molar-refractivity contribution in [2.75, 3.05) is 19.5 Å². The molecular weight excluding hydrogens is 316 g/mol. The van der Waals surface area contributed by atoms with Crippen LogP contribution in [0.3, 0.4) is 0 Å². The number of pyridine rings is 1. The van der Waals surface area contributed by atoms with Crippen molar-refractivity contribution in [2.24, 2.45) is 0 Å². The first-order valence-corrected chi connectivity index (χ1v) is 7.89. The average molecular weight is 336 g/mol. The number of methoxy groups -OCH3 is 2. The molecule has 0 saturated carbocycles. The van der Waals surface area contributed by atoms with E-state index in [0.717, 1.165) is 22.4 Å². The van der Waals surface area contributed by atoms with Crippen molar-refractivity contribution >= 4 is 5.69 Å². The van der Waals surface area contributed by atoms with Crippen molar-refractivity contribution < 1.29 is 14.6 Å². The van der Waals surface area contributed by atoms with Gasteiger partial charge in [-0.3, -0.25) is 4.98 Å². The highest BCUT2D eigenvalue weighted by Gasteiger charge is 2.05. The molecule has 2 N–H and O–H groups in total. The van der Waals surface area contributed by atoms with E-state index in [1.54, 1.807) is 38.7 Å². The third-order valence-electron chi connectivity index (χ3n) is 3.88. The van der Waals surface area contributed by atoms with Gasteiger partial charge in [-0.25, -0.2) is 0 Å². The molecule has 25 heavy (non-hydrogen) atoms. The summed E-state index contributed by atoms with van der Waals surface area (Å²) in [5.41, 5.74) is 3.98. The maximum atomic E-state index is 9.40. The number of hydrogen-bond acceptors (Lipinski definition) is 5. The second-order valence-corrected chi connectivity index (χ2v) is 5.55. The Morgan fingerprint density at radius 3 is 2.36 bits per heavy atom. The second-order valence-electron chi connectivity index (χ2n) is 5.55. The highest BCUT2D eigenvalue weighted by Crippen LogP contribution is 2.28. The van der Waals surface area contributed by atoms with Crippen molar-refractivity contribution in [1.29, 1.82) is 0 Å². The first-order valence-electron chi connectivity index (χ1n) is 7.89. The van der Waals surface area contributed by atoms with Crippen LogP contribution in [0.2, 0.25) is 0 Å². The molecular formula is C20H20N2O3. The molecule has 0 aliphatic carbocycles. The van der Waals surface area contributed by atoms with Gasteiger partial charge in [0, 0.05) is 24.5 Å². The molecule has 3 rings (SSSR count). The van der Waals surface area contributed by atoms with Crippen LogP contribution in [-0.4, -0.2) is 24.3 Å². The molecule has 0 aliphatic heterocycles. The van der Waals surface area contributed by atoms with Crippen LogP contribution in [0.4, 0.5) is 5.69 Å². The van der Waals surface area contributed by atoms with Crippen LogP contribution < -0.4 is 14.8 Å². The fraction of sp³-hybridized carbons (Fsp3) is 0.150. The SMILES string of the molecule is COc1ccc(CNc2cncc(-c3ccc(O)cc3)c2)cc1OC. The summed E-state index contributed by atoms with van der Waals surface area (Å²) >= 11 is 0. The second kappa shape index (κ2) is 7.57. The summed E-state index contributed by atoms with van der Waals surface area (Å²) < 4.78 is 10.6. The fourth-order valence-electron chi connectivity index (χ4n) is 2.54. The Kier molecular flexibility index (Phi) is 5.04. The van der Waals surface area contributed by atoms with Gasteiger partial charge in [-0.05, 0) is 41.5 Å². The van der Waals surface area contributed by atoms with Crippen LogP contribution in [-0.2, 0) is 6.54 Å². The summed E-state index contributed by atoms with van der Waals surface area (Å²) in [7, 11) is 3.25. The molecule has 2 aromatic carbocycles. The number of ether oxygens (including phenoxy) is 2. The molecule has 128 valence electrons. The number of benzene rings is 2. The Labute approximate surface area is 146 Å². The van der Waals surface area contributed by atoms with E-state index in [-0.39, 0.29) is 5.75 Å². The fourth-order valence-corrected chi connectivity index (χ4v) is 2.54. The van der Waals surface area contributed by atoms with E-state index >= 15 is 0 Å². The molecule has 3 aromatic rings. The van der Waals surface area contributed by atoms with Gasteiger partial charge in [0.05, 0.1) is 19.9 Å². The molecule has 1 aromatic heterocycles. The number of nitrogens with one attached hydrogen (secondary N) is 1. The van der Waals surface area contributed by atoms with Gasteiger partial charge in [0.25, 0.3) is 0 Å². The third-order valence-corrected chi connectivity index (χ3v) is 3.88. The summed E-state index contributed by atoms with van der Waals surface area (Å²) in [6.45, 7) is 0.640. The molecule has 0 spiro atoms. The first kappa shape index (κ1) is 16.6. The molecule has 5 heteroatoms. The molecule has 0 radical (unpaired) electrons. The molecule has 0 atom stereocenters. The van der Waals surface area contributed by atoms with E-state index in [0.29, 0.717) is 18.0 Å². The van der Waals surface area contributed by atoms with Crippen molar-refractivity contribution in [3.63, 3.8) is 0 Å². The summed E-state index contributed by atoms with van der Waals surface area (Å²) in [6, 6.07) is 14.9. The Hall–Kier alpha value is -3.21. The molecule has 1 heterocycles. The number of anilines is 1. The smallest absolute Gasteiger partial charge is 0.161 e. The lowest BCUT2D eigenvalue weighted by molar-refractivity contribution is 0.354. The number of nitrogens with zero attached hydrogens (tertiary/aromatic N) is 1. The number of phenolic OH excluding ortho intramolecular Hbond substituents is 1. The van der Waals surface area contributed by atoms with Crippen LogP contribution in [0.15, 0.2) is 60.9 Å². The van der Waals surface area contributed by atoms with Crippen molar-refractivity contribution in [2.45, 2.75) is 6.54 Å². The highest BCUT2D eigenvalue weighted by atomic mass is 16.5. The lowest BCUT2D eigenvalue weighted by Gasteiger charge is -2.11. The van der Waals surface area contributed by atoms with Gasteiger partial charge in [-0.15, -0.1) is 0 Å². The largest absolute Gasteiger partial charge is 0.508 e. The lowest BCUT2D eigenvalue weighted by atomic mass is 10.1. The van der Waals surface area contributed by atoms with E-state index in [1.165, 1.54) is 0 Å².